The summed E-state index contributed by atoms with van der Waals surface area (Å²) in [5, 5.41) is 10.2. The van der Waals surface area contributed by atoms with Crippen molar-refractivity contribution in [2.45, 2.75) is 26.3 Å². The van der Waals surface area contributed by atoms with Crippen molar-refractivity contribution in [1.82, 2.24) is 10.2 Å². The molecule has 0 saturated heterocycles. The van der Waals surface area contributed by atoms with Gasteiger partial charge < -0.3 is 10.1 Å². The van der Waals surface area contributed by atoms with Crippen LogP contribution in [-0.2, 0) is 9.53 Å². The van der Waals surface area contributed by atoms with E-state index in [-0.39, 0.29) is 12.0 Å². The van der Waals surface area contributed by atoms with E-state index >= 15 is 0 Å². The van der Waals surface area contributed by atoms with Crippen molar-refractivity contribution >= 4 is 34.7 Å². The third-order valence-electron chi connectivity index (χ3n) is 1.93. The summed E-state index contributed by atoms with van der Waals surface area (Å²) in [6.07, 6.45) is 0.693. The Balaban J connectivity index is 2.70. The van der Waals surface area contributed by atoms with E-state index in [1.807, 2.05) is 13.8 Å². The van der Waals surface area contributed by atoms with Crippen LogP contribution in [0, 0.1) is 9.87 Å². The molecule has 0 fully saturated rings. The molecule has 0 spiro atoms. The molecule has 0 radical (unpaired) electrons. The number of hydrogen-bond acceptors (Lipinski definition) is 6. The number of methoxy groups -OCH3 is 1. The second-order valence-corrected chi connectivity index (χ2v) is 5.43. The van der Waals surface area contributed by atoms with Crippen LogP contribution in [0.4, 0.5) is 5.13 Å². The summed E-state index contributed by atoms with van der Waals surface area (Å²) >= 11 is 6.21. The van der Waals surface area contributed by atoms with Crippen LogP contribution >= 0.6 is 23.6 Å². The number of carbonyl (C=O) groups is 1. The molecule has 5 nitrogen and oxygen atoms in total. The third kappa shape index (κ3) is 3.90. The summed E-state index contributed by atoms with van der Waals surface area (Å²) in [5.41, 5.74) is 0. The topological polar surface area (TPSA) is 67.0 Å². The van der Waals surface area contributed by atoms with Crippen LogP contribution in [0.15, 0.2) is 0 Å². The highest BCUT2D eigenvalue weighted by Gasteiger charge is 2.21. The van der Waals surface area contributed by atoms with Crippen LogP contribution < -0.4 is 5.32 Å². The Bertz CT molecular complexity index is 399. The van der Waals surface area contributed by atoms with E-state index in [9.17, 15) is 4.79 Å². The molecule has 2 N–H and O–H groups in total. The molecule has 1 atom stereocenters. The van der Waals surface area contributed by atoms with Crippen LogP contribution in [0.2, 0.25) is 0 Å². The summed E-state index contributed by atoms with van der Waals surface area (Å²) < 4.78 is 5.31. The van der Waals surface area contributed by atoms with Crippen LogP contribution in [0.5, 0.6) is 0 Å². The maximum Gasteiger partial charge on any atom is 0.328 e. The van der Waals surface area contributed by atoms with Gasteiger partial charge in [-0.25, -0.2) is 4.79 Å². The van der Waals surface area contributed by atoms with Crippen LogP contribution in [0.25, 0.3) is 0 Å². The van der Waals surface area contributed by atoms with Crippen molar-refractivity contribution in [3.05, 3.63) is 3.95 Å². The first-order valence-corrected chi connectivity index (χ1v) is 6.15. The maximum atomic E-state index is 11.5. The van der Waals surface area contributed by atoms with Crippen LogP contribution in [0.1, 0.15) is 20.3 Å². The molecule has 90 valence electrons. The first kappa shape index (κ1) is 13.1. The number of H-pyrrole nitrogens is 1. The van der Waals surface area contributed by atoms with Gasteiger partial charge in [0.15, 0.2) is 3.95 Å². The van der Waals surface area contributed by atoms with E-state index in [1.165, 1.54) is 18.4 Å². The molecule has 0 bridgehead atoms. The first-order chi connectivity index (χ1) is 7.52. The standard InChI is InChI=1S/C9H15N3O2S2/c1-5(2)4-6(7(13)14-3)10-8-11-12-9(15)16-8/h5-6H,4H2,1-3H3,(H,10,11)(H,12,15). The Labute approximate surface area is 103 Å². The molecular weight excluding hydrogens is 246 g/mol. The predicted molar refractivity (Wildman–Crippen MR) is 66.2 cm³/mol. The quantitative estimate of drug-likeness (QED) is 0.628. The number of nitrogens with zero attached hydrogens (tertiary/aromatic N) is 1. The number of carbonyl (C=O) groups excluding carboxylic acids is 1. The number of aromatic amines is 1. The second-order valence-electron chi connectivity index (χ2n) is 3.77. The molecular formula is C9H15N3O2S2. The van der Waals surface area contributed by atoms with Gasteiger partial charge in [0, 0.05) is 0 Å². The minimum absolute atomic E-state index is 0.283. The molecule has 0 amide bonds. The highest BCUT2D eigenvalue weighted by atomic mass is 32.1. The van der Waals surface area contributed by atoms with Crippen LogP contribution in [-0.4, -0.2) is 29.3 Å². The van der Waals surface area contributed by atoms with Gasteiger partial charge >= 0.3 is 5.97 Å². The smallest absolute Gasteiger partial charge is 0.328 e. The first-order valence-electron chi connectivity index (χ1n) is 4.92. The molecule has 0 saturated carbocycles. The van der Waals surface area contributed by atoms with Crippen molar-refractivity contribution in [2.24, 2.45) is 5.92 Å². The van der Waals surface area contributed by atoms with Gasteiger partial charge in [0.05, 0.1) is 7.11 Å². The molecule has 0 aliphatic heterocycles. The highest BCUT2D eigenvalue weighted by Crippen LogP contribution is 2.16. The lowest BCUT2D eigenvalue weighted by Crippen LogP contribution is -2.32. The van der Waals surface area contributed by atoms with Gasteiger partial charge in [-0.1, -0.05) is 25.2 Å². The maximum absolute atomic E-state index is 11.5. The average Bonchev–Trinajstić information content (AvgIpc) is 2.61. The zero-order valence-corrected chi connectivity index (χ0v) is 11.1. The van der Waals surface area contributed by atoms with Gasteiger partial charge in [0.2, 0.25) is 5.13 Å². The number of ether oxygens (including phenoxy) is 1. The van der Waals surface area contributed by atoms with Gasteiger partial charge in [-0.05, 0) is 24.6 Å². The van der Waals surface area contributed by atoms with Crippen molar-refractivity contribution in [1.29, 1.82) is 0 Å². The minimum atomic E-state index is -0.376. The molecule has 1 rings (SSSR count). The van der Waals surface area contributed by atoms with Crippen molar-refractivity contribution < 1.29 is 9.53 Å². The minimum Gasteiger partial charge on any atom is -0.467 e. The summed E-state index contributed by atoms with van der Waals surface area (Å²) in [7, 11) is 1.38. The number of esters is 1. The summed E-state index contributed by atoms with van der Waals surface area (Å²) in [6.45, 7) is 4.09. The average molecular weight is 261 g/mol. The second kappa shape index (κ2) is 5.95. The van der Waals surface area contributed by atoms with Gasteiger partial charge in [0.1, 0.15) is 6.04 Å². The Kier molecular flexibility index (Phi) is 4.88. The van der Waals surface area contributed by atoms with Gasteiger partial charge in [-0.3, -0.25) is 5.10 Å². The van der Waals surface area contributed by atoms with Crippen molar-refractivity contribution in [3.63, 3.8) is 0 Å². The Hall–Kier alpha value is -0.950. The van der Waals surface area contributed by atoms with Gasteiger partial charge in [0.25, 0.3) is 0 Å². The number of rotatable bonds is 5. The summed E-state index contributed by atoms with van der Waals surface area (Å²) in [5.74, 6) is 0.110. The molecule has 1 heterocycles. The molecule has 1 aromatic rings. The number of nitrogens with one attached hydrogen (secondary N) is 2. The Morgan fingerprint density at radius 1 is 1.69 bits per heavy atom. The normalized spacial score (nSPS) is 12.5. The molecule has 0 aliphatic rings. The molecule has 1 unspecified atom stereocenters. The lowest BCUT2D eigenvalue weighted by atomic mass is 10.0. The Morgan fingerprint density at radius 2 is 2.38 bits per heavy atom. The van der Waals surface area contributed by atoms with E-state index in [4.69, 9.17) is 17.0 Å². The van der Waals surface area contributed by atoms with Crippen molar-refractivity contribution in [3.8, 4) is 0 Å². The van der Waals surface area contributed by atoms with E-state index in [1.54, 1.807) is 0 Å². The molecule has 16 heavy (non-hydrogen) atoms. The van der Waals surface area contributed by atoms with Crippen molar-refractivity contribution in [2.75, 3.05) is 12.4 Å². The number of aromatic nitrogens is 2. The van der Waals surface area contributed by atoms with E-state index in [0.29, 0.717) is 21.4 Å². The van der Waals surface area contributed by atoms with Crippen LogP contribution in [0.3, 0.4) is 0 Å². The monoisotopic (exact) mass is 261 g/mol. The lowest BCUT2D eigenvalue weighted by Gasteiger charge is -2.17. The summed E-state index contributed by atoms with van der Waals surface area (Å²) in [4.78, 5) is 11.5. The largest absolute Gasteiger partial charge is 0.467 e. The van der Waals surface area contributed by atoms with E-state index in [0.717, 1.165) is 0 Å². The van der Waals surface area contributed by atoms with E-state index < -0.39 is 0 Å². The summed E-state index contributed by atoms with van der Waals surface area (Å²) in [6, 6.07) is -0.376. The molecule has 7 heteroatoms. The lowest BCUT2D eigenvalue weighted by molar-refractivity contribution is -0.141. The van der Waals surface area contributed by atoms with E-state index in [2.05, 4.69) is 15.5 Å². The molecule has 0 aromatic carbocycles. The third-order valence-corrected chi connectivity index (χ3v) is 2.95. The fourth-order valence-corrected chi connectivity index (χ4v) is 2.11. The molecule has 1 aromatic heterocycles. The van der Waals surface area contributed by atoms with Gasteiger partial charge in [-0.2, -0.15) is 0 Å². The zero-order chi connectivity index (χ0) is 12.1. The predicted octanol–water partition coefficient (Wildman–Crippen LogP) is 2.20. The fourth-order valence-electron chi connectivity index (χ4n) is 1.27. The van der Waals surface area contributed by atoms with Gasteiger partial charge in [-0.15, -0.1) is 5.10 Å². The number of anilines is 1. The molecule has 0 aliphatic carbocycles. The highest BCUT2D eigenvalue weighted by molar-refractivity contribution is 7.73. The fraction of sp³-hybridized carbons (Fsp3) is 0.667. The number of hydrogen-bond donors (Lipinski definition) is 2. The zero-order valence-electron chi connectivity index (χ0n) is 9.44. The Morgan fingerprint density at radius 3 is 2.81 bits per heavy atom. The SMILES string of the molecule is COC(=O)C(CC(C)C)Nc1n[nH]c(=S)s1.